The summed E-state index contributed by atoms with van der Waals surface area (Å²) < 4.78 is 5.57. The van der Waals surface area contributed by atoms with E-state index in [1.165, 1.54) is 0 Å². The summed E-state index contributed by atoms with van der Waals surface area (Å²) in [5, 5.41) is 5.59. The smallest absolute Gasteiger partial charge is 0.262 e. The quantitative estimate of drug-likeness (QED) is 0.642. The lowest BCUT2D eigenvalue weighted by Crippen LogP contribution is -2.32. The highest BCUT2D eigenvalue weighted by molar-refractivity contribution is 6.00. The molecule has 1 atom stereocenters. The highest BCUT2D eigenvalue weighted by atomic mass is 16.5. The molecule has 0 radical (unpaired) electrons. The van der Waals surface area contributed by atoms with Gasteiger partial charge in [0, 0.05) is 30.9 Å². The average Bonchev–Trinajstić information content (AvgIpc) is 3.15. The number of carbonyl (C=O) groups excluding carboxylic acids is 3. The van der Waals surface area contributed by atoms with Crippen molar-refractivity contribution in [1.29, 1.82) is 0 Å². The summed E-state index contributed by atoms with van der Waals surface area (Å²) in [6.45, 7) is 8.06. The van der Waals surface area contributed by atoms with Crippen LogP contribution in [0.15, 0.2) is 55.1 Å². The van der Waals surface area contributed by atoms with Gasteiger partial charge >= 0.3 is 0 Å². The number of anilines is 2. The number of ether oxygens (including phenoxy) is 1. The molecule has 7 heteroatoms. The molecule has 1 fully saturated rings. The second-order valence-electron chi connectivity index (χ2n) is 7.59. The molecule has 0 unspecified atom stereocenters. The molecule has 3 amide bonds. The lowest BCUT2D eigenvalue weighted by molar-refractivity contribution is -0.126. The first-order chi connectivity index (χ1) is 14.9. The van der Waals surface area contributed by atoms with Crippen LogP contribution in [0.5, 0.6) is 5.75 Å². The van der Waals surface area contributed by atoms with Gasteiger partial charge in [-0.25, -0.2) is 0 Å². The van der Waals surface area contributed by atoms with Gasteiger partial charge in [0.05, 0.1) is 5.92 Å². The summed E-state index contributed by atoms with van der Waals surface area (Å²) in [4.78, 5) is 38.2. The van der Waals surface area contributed by atoms with Crippen LogP contribution in [0.25, 0.3) is 0 Å². The van der Waals surface area contributed by atoms with Crippen molar-refractivity contribution in [2.24, 2.45) is 5.92 Å². The van der Waals surface area contributed by atoms with Crippen molar-refractivity contribution in [2.75, 3.05) is 29.9 Å². The zero-order chi connectivity index (χ0) is 22.4. The van der Waals surface area contributed by atoms with Crippen LogP contribution in [-0.2, 0) is 14.4 Å². The third kappa shape index (κ3) is 5.72. The Bertz CT molecular complexity index is 985. The van der Waals surface area contributed by atoms with Crippen molar-refractivity contribution in [3.63, 3.8) is 0 Å². The van der Waals surface area contributed by atoms with Crippen molar-refractivity contribution in [2.45, 2.75) is 20.3 Å². The lowest BCUT2D eigenvalue weighted by Gasteiger charge is -2.17. The van der Waals surface area contributed by atoms with Crippen LogP contribution in [0, 0.1) is 19.8 Å². The molecule has 0 spiro atoms. The van der Waals surface area contributed by atoms with Crippen molar-refractivity contribution in [3.05, 3.63) is 66.2 Å². The molecular weight excluding hydrogens is 394 g/mol. The molecule has 7 nitrogen and oxygen atoms in total. The topological polar surface area (TPSA) is 87.7 Å². The molecule has 0 bridgehead atoms. The van der Waals surface area contributed by atoms with Crippen molar-refractivity contribution in [1.82, 2.24) is 5.32 Å². The van der Waals surface area contributed by atoms with Crippen LogP contribution in [0.2, 0.25) is 0 Å². The molecular formula is C24H27N3O4. The van der Waals surface area contributed by atoms with E-state index in [4.69, 9.17) is 4.74 Å². The van der Waals surface area contributed by atoms with E-state index in [-0.39, 0.29) is 36.7 Å². The zero-order valence-electron chi connectivity index (χ0n) is 17.8. The minimum absolute atomic E-state index is 0.0969. The molecule has 1 aliphatic rings. The number of nitrogens with one attached hydrogen (secondary N) is 2. The van der Waals surface area contributed by atoms with Crippen LogP contribution in [0.3, 0.4) is 0 Å². The van der Waals surface area contributed by atoms with Gasteiger partial charge in [-0.2, -0.15) is 0 Å². The number of carbonyl (C=O) groups is 3. The fourth-order valence-corrected chi connectivity index (χ4v) is 3.38. The largest absolute Gasteiger partial charge is 0.484 e. The molecule has 0 aromatic heterocycles. The Balaban J connectivity index is 1.53. The second kappa shape index (κ2) is 9.93. The third-order valence-electron chi connectivity index (χ3n) is 5.10. The molecule has 3 rings (SSSR count). The molecule has 2 aromatic carbocycles. The Morgan fingerprint density at radius 1 is 1.19 bits per heavy atom. The van der Waals surface area contributed by atoms with Crippen molar-refractivity contribution in [3.8, 4) is 5.75 Å². The fourth-order valence-electron chi connectivity index (χ4n) is 3.38. The summed E-state index contributed by atoms with van der Waals surface area (Å²) in [6, 6.07) is 12.8. The highest BCUT2D eigenvalue weighted by Crippen LogP contribution is 2.27. The molecule has 2 N–H and O–H groups in total. The van der Waals surface area contributed by atoms with Crippen LogP contribution in [-0.4, -0.2) is 37.4 Å². The van der Waals surface area contributed by atoms with Gasteiger partial charge in [-0.15, -0.1) is 6.58 Å². The van der Waals surface area contributed by atoms with Gasteiger partial charge in [-0.3, -0.25) is 14.4 Å². The van der Waals surface area contributed by atoms with E-state index >= 15 is 0 Å². The van der Waals surface area contributed by atoms with Crippen molar-refractivity contribution < 1.29 is 19.1 Å². The lowest BCUT2D eigenvalue weighted by atomic mass is 10.1. The monoisotopic (exact) mass is 421 g/mol. The van der Waals surface area contributed by atoms with Crippen LogP contribution < -0.4 is 20.3 Å². The Labute approximate surface area is 182 Å². The molecule has 1 saturated heterocycles. The Hall–Kier alpha value is -3.61. The zero-order valence-corrected chi connectivity index (χ0v) is 17.8. The first-order valence-corrected chi connectivity index (χ1v) is 10.2. The van der Waals surface area contributed by atoms with Gasteiger partial charge < -0.3 is 20.3 Å². The molecule has 1 heterocycles. The number of rotatable bonds is 8. The number of nitrogens with zero attached hydrogens (tertiary/aromatic N) is 1. The highest BCUT2D eigenvalue weighted by Gasteiger charge is 2.34. The van der Waals surface area contributed by atoms with E-state index in [2.05, 4.69) is 17.2 Å². The Morgan fingerprint density at radius 3 is 2.65 bits per heavy atom. The summed E-state index contributed by atoms with van der Waals surface area (Å²) in [5.41, 5.74) is 3.50. The second-order valence-corrected chi connectivity index (χ2v) is 7.59. The normalized spacial score (nSPS) is 15.5. The van der Waals surface area contributed by atoms with E-state index in [0.717, 1.165) is 16.8 Å². The predicted octanol–water partition coefficient (Wildman–Crippen LogP) is 2.98. The number of amides is 3. The molecule has 1 aliphatic heterocycles. The van der Waals surface area contributed by atoms with Crippen LogP contribution in [0.4, 0.5) is 11.4 Å². The Kier molecular flexibility index (Phi) is 7.07. The first kappa shape index (κ1) is 22.1. The Morgan fingerprint density at radius 2 is 1.94 bits per heavy atom. The number of aryl methyl sites for hydroxylation is 2. The van der Waals surface area contributed by atoms with E-state index < -0.39 is 0 Å². The van der Waals surface area contributed by atoms with Crippen molar-refractivity contribution >= 4 is 29.1 Å². The minimum Gasteiger partial charge on any atom is -0.484 e. The summed E-state index contributed by atoms with van der Waals surface area (Å²) in [6.07, 6.45) is 1.78. The van der Waals surface area contributed by atoms with Gasteiger partial charge in [0.2, 0.25) is 11.8 Å². The number of benzene rings is 2. The van der Waals surface area contributed by atoms with Crippen LogP contribution >= 0.6 is 0 Å². The standard InChI is InChI=1S/C24H27N3O4/c1-4-11-25-24(30)18-13-23(29)27(14-18)19-7-9-20(10-8-19)31-15-22(28)26-21-12-16(2)5-6-17(21)3/h4-10,12,18H,1,11,13-15H2,2-3H3,(H,25,30)(H,26,28)/t18-/m0/s1. The van der Waals surface area contributed by atoms with Gasteiger partial charge in [0.15, 0.2) is 6.61 Å². The summed E-state index contributed by atoms with van der Waals surface area (Å²) >= 11 is 0. The molecule has 31 heavy (non-hydrogen) atoms. The molecule has 162 valence electrons. The average molecular weight is 421 g/mol. The summed E-state index contributed by atoms with van der Waals surface area (Å²) in [5.74, 6) is -0.351. The minimum atomic E-state index is -0.378. The maximum Gasteiger partial charge on any atom is 0.262 e. The van der Waals surface area contributed by atoms with Gasteiger partial charge in [-0.05, 0) is 55.3 Å². The van der Waals surface area contributed by atoms with Crippen LogP contribution in [0.1, 0.15) is 17.5 Å². The molecule has 2 aromatic rings. The van der Waals surface area contributed by atoms with Gasteiger partial charge in [0.1, 0.15) is 5.75 Å². The van der Waals surface area contributed by atoms with E-state index in [0.29, 0.717) is 24.5 Å². The first-order valence-electron chi connectivity index (χ1n) is 10.2. The fraction of sp³-hybridized carbons (Fsp3) is 0.292. The SMILES string of the molecule is C=CCNC(=O)[C@H]1CC(=O)N(c2ccc(OCC(=O)Nc3cc(C)ccc3C)cc2)C1. The summed E-state index contributed by atoms with van der Waals surface area (Å²) in [7, 11) is 0. The predicted molar refractivity (Wildman–Crippen MR) is 120 cm³/mol. The maximum atomic E-state index is 12.3. The van der Waals surface area contributed by atoms with E-state index in [9.17, 15) is 14.4 Å². The van der Waals surface area contributed by atoms with E-state index in [1.807, 2.05) is 32.0 Å². The molecule has 0 saturated carbocycles. The molecule has 0 aliphatic carbocycles. The van der Waals surface area contributed by atoms with Gasteiger partial charge in [0.25, 0.3) is 5.91 Å². The number of hydrogen-bond donors (Lipinski definition) is 2. The maximum absolute atomic E-state index is 12.3. The number of hydrogen-bond acceptors (Lipinski definition) is 4. The van der Waals surface area contributed by atoms with Gasteiger partial charge in [-0.1, -0.05) is 18.2 Å². The van der Waals surface area contributed by atoms with E-state index in [1.54, 1.807) is 35.2 Å². The third-order valence-corrected chi connectivity index (χ3v) is 5.10.